The maximum atomic E-state index is 12.7. The number of hydrogen-bond donors (Lipinski definition) is 2. The van der Waals surface area contributed by atoms with Crippen LogP contribution in [0.3, 0.4) is 0 Å². The number of carbonyl (C=O) groups excluding carboxylic acids is 1. The fourth-order valence-electron chi connectivity index (χ4n) is 2.91. The average molecular weight is 473 g/mol. The van der Waals surface area contributed by atoms with Gasteiger partial charge in [-0.25, -0.2) is 8.42 Å². The first-order valence-electron chi connectivity index (χ1n) is 9.99. The number of sulfonamides is 1. The number of amides is 1. The molecule has 0 heterocycles. The van der Waals surface area contributed by atoms with Crippen molar-refractivity contribution in [3.63, 3.8) is 0 Å². The Morgan fingerprint density at radius 1 is 0.906 bits per heavy atom. The van der Waals surface area contributed by atoms with Crippen LogP contribution in [0.5, 0.6) is 5.75 Å². The molecule has 0 radical (unpaired) electrons. The van der Waals surface area contributed by atoms with Crippen molar-refractivity contribution in [1.29, 1.82) is 0 Å². The number of nitrogens with one attached hydrogen (secondary N) is 2. The van der Waals surface area contributed by atoms with E-state index in [2.05, 4.69) is 10.0 Å². The van der Waals surface area contributed by atoms with Crippen LogP contribution in [0, 0.1) is 20.8 Å². The Kier molecular flexibility index (Phi) is 7.11. The molecule has 3 aromatic rings. The monoisotopic (exact) mass is 472 g/mol. The van der Waals surface area contributed by atoms with Crippen LogP contribution in [0.1, 0.15) is 23.6 Å². The van der Waals surface area contributed by atoms with E-state index in [1.807, 2.05) is 32.0 Å². The van der Waals surface area contributed by atoms with Crippen molar-refractivity contribution in [3.8, 4) is 5.75 Å². The fourth-order valence-corrected chi connectivity index (χ4v) is 4.21. The van der Waals surface area contributed by atoms with Gasteiger partial charge in [-0.05, 0) is 92.9 Å². The van der Waals surface area contributed by atoms with Gasteiger partial charge in [-0.15, -0.1) is 0 Å². The molecule has 3 rings (SSSR count). The number of rotatable bonds is 7. The number of ether oxygens (including phenoxy) is 1. The Bertz CT molecular complexity index is 1240. The zero-order valence-electron chi connectivity index (χ0n) is 18.3. The summed E-state index contributed by atoms with van der Waals surface area (Å²) >= 11 is 5.97. The van der Waals surface area contributed by atoms with E-state index in [-0.39, 0.29) is 10.8 Å². The van der Waals surface area contributed by atoms with Crippen LogP contribution in [0.2, 0.25) is 5.02 Å². The van der Waals surface area contributed by atoms with Crippen LogP contribution in [-0.4, -0.2) is 20.4 Å². The van der Waals surface area contributed by atoms with Crippen LogP contribution in [0.25, 0.3) is 0 Å². The molecule has 0 unspecified atom stereocenters. The predicted octanol–water partition coefficient (Wildman–Crippen LogP) is 5.47. The number of benzene rings is 3. The first-order chi connectivity index (χ1) is 15.0. The molecule has 0 aliphatic heterocycles. The summed E-state index contributed by atoms with van der Waals surface area (Å²) in [5.41, 5.74) is 3.84. The lowest BCUT2D eigenvalue weighted by atomic mass is 10.1. The Morgan fingerprint density at radius 2 is 1.56 bits per heavy atom. The van der Waals surface area contributed by atoms with E-state index in [9.17, 15) is 13.2 Å². The molecule has 0 fully saturated rings. The van der Waals surface area contributed by atoms with Crippen molar-refractivity contribution in [3.05, 3.63) is 82.4 Å². The normalized spacial score (nSPS) is 12.2. The Labute approximate surface area is 193 Å². The average Bonchev–Trinajstić information content (AvgIpc) is 2.73. The Morgan fingerprint density at radius 3 is 2.22 bits per heavy atom. The molecule has 0 saturated carbocycles. The van der Waals surface area contributed by atoms with Gasteiger partial charge in [0, 0.05) is 10.7 Å². The van der Waals surface area contributed by atoms with Gasteiger partial charge < -0.3 is 10.1 Å². The van der Waals surface area contributed by atoms with Crippen LogP contribution >= 0.6 is 11.6 Å². The van der Waals surface area contributed by atoms with Gasteiger partial charge in [0.05, 0.1) is 10.6 Å². The van der Waals surface area contributed by atoms with Gasteiger partial charge in [0.15, 0.2) is 6.10 Å². The van der Waals surface area contributed by atoms with Gasteiger partial charge in [-0.2, -0.15) is 0 Å². The molecule has 1 amide bonds. The highest BCUT2D eigenvalue weighted by molar-refractivity contribution is 7.92. The molecular weight excluding hydrogens is 448 g/mol. The lowest BCUT2D eigenvalue weighted by Gasteiger charge is -2.16. The standard InChI is InChI=1S/C24H25ClN2O4S/c1-15-6-10-21(13-17(15)3)31-18(4)24(28)26-20-8-11-22(12-9-20)32(29,30)27-23-14-19(25)7-5-16(23)2/h5-14,18,27H,1-4H3,(H,26,28)/t18-/m0/s1. The number of aryl methyl sites for hydroxylation is 3. The molecule has 0 aliphatic rings. The van der Waals surface area contributed by atoms with Crippen LogP contribution in [0.15, 0.2) is 65.6 Å². The highest BCUT2D eigenvalue weighted by Crippen LogP contribution is 2.24. The maximum Gasteiger partial charge on any atom is 0.265 e. The molecule has 168 valence electrons. The third kappa shape index (κ3) is 5.81. The SMILES string of the molecule is Cc1ccc(O[C@@H](C)C(=O)Nc2ccc(S(=O)(=O)Nc3cc(Cl)ccc3C)cc2)cc1C. The number of anilines is 2. The summed E-state index contributed by atoms with van der Waals surface area (Å²) in [5.74, 6) is 0.270. The van der Waals surface area contributed by atoms with E-state index in [1.165, 1.54) is 24.3 Å². The van der Waals surface area contributed by atoms with E-state index in [4.69, 9.17) is 16.3 Å². The van der Waals surface area contributed by atoms with Crippen molar-refractivity contribution in [2.75, 3.05) is 10.0 Å². The van der Waals surface area contributed by atoms with Gasteiger partial charge in [0.25, 0.3) is 15.9 Å². The van der Waals surface area contributed by atoms with Crippen molar-refractivity contribution in [2.45, 2.75) is 38.7 Å². The largest absolute Gasteiger partial charge is 0.481 e. The first-order valence-corrected chi connectivity index (χ1v) is 11.8. The van der Waals surface area contributed by atoms with E-state index < -0.39 is 16.1 Å². The second-order valence-electron chi connectivity index (χ2n) is 7.58. The summed E-state index contributed by atoms with van der Waals surface area (Å²) in [6, 6.07) is 16.5. The third-order valence-corrected chi connectivity index (χ3v) is 6.65. The quantitative estimate of drug-likeness (QED) is 0.477. The summed E-state index contributed by atoms with van der Waals surface area (Å²) in [6.45, 7) is 7.42. The fraction of sp³-hybridized carbons (Fsp3) is 0.208. The second kappa shape index (κ2) is 9.63. The molecular formula is C24H25ClN2O4S. The number of hydrogen-bond acceptors (Lipinski definition) is 4. The molecule has 8 heteroatoms. The lowest BCUT2D eigenvalue weighted by molar-refractivity contribution is -0.122. The molecule has 2 N–H and O–H groups in total. The molecule has 3 aromatic carbocycles. The third-order valence-electron chi connectivity index (χ3n) is 5.04. The van der Waals surface area contributed by atoms with E-state index in [1.54, 1.807) is 32.0 Å². The van der Waals surface area contributed by atoms with Crippen molar-refractivity contribution in [1.82, 2.24) is 0 Å². The number of carbonyl (C=O) groups is 1. The molecule has 0 saturated heterocycles. The van der Waals surface area contributed by atoms with Gasteiger partial charge in [-0.3, -0.25) is 9.52 Å². The van der Waals surface area contributed by atoms with E-state index >= 15 is 0 Å². The molecule has 0 spiro atoms. The summed E-state index contributed by atoms with van der Waals surface area (Å²) in [6.07, 6.45) is -0.729. The van der Waals surface area contributed by atoms with Crippen molar-refractivity contribution in [2.24, 2.45) is 0 Å². The Hall–Kier alpha value is -3.03. The van der Waals surface area contributed by atoms with Crippen molar-refractivity contribution >= 4 is 38.9 Å². The highest BCUT2D eigenvalue weighted by atomic mass is 35.5. The predicted molar refractivity (Wildman–Crippen MR) is 128 cm³/mol. The summed E-state index contributed by atoms with van der Waals surface area (Å²) in [4.78, 5) is 12.5. The molecule has 1 atom stereocenters. The summed E-state index contributed by atoms with van der Waals surface area (Å²) in [5, 5.41) is 3.17. The van der Waals surface area contributed by atoms with Crippen LogP contribution in [0.4, 0.5) is 11.4 Å². The van der Waals surface area contributed by atoms with Crippen LogP contribution < -0.4 is 14.8 Å². The topological polar surface area (TPSA) is 84.5 Å². The molecule has 0 aliphatic carbocycles. The van der Waals surface area contributed by atoms with Crippen molar-refractivity contribution < 1.29 is 17.9 Å². The highest BCUT2D eigenvalue weighted by Gasteiger charge is 2.18. The van der Waals surface area contributed by atoms with Gasteiger partial charge in [-0.1, -0.05) is 23.7 Å². The van der Waals surface area contributed by atoms with Gasteiger partial charge in [0.1, 0.15) is 5.75 Å². The summed E-state index contributed by atoms with van der Waals surface area (Å²) < 4.78 is 33.7. The lowest BCUT2D eigenvalue weighted by Crippen LogP contribution is -2.30. The van der Waals surface area contributed by atoms with Gasteiger partial charge >= 0.3 is 0 Å². The van der Waals surface area contributed by atoms with E-state index in [0.29, 0.717) is 22.1 Å². The van der Waals surface area contributed by atoms with Gasteiger partial charge in [0.2, 0.25) is 0 Å². The first kappa shape index (κ1) is 23.6. The zero-order valence-corrected chi connectivity index (χ0v) is 19.8. The Balaban J connectivity index is 1.66. The molecule has 6 nitrogen and oxygen atoms in total. The minimum atomic E-state index is -3.81. The zero-order chi connectivity index (χ0) is 23.5. The summed E-state index contributed by atoms with van der Waals surface area (Å²) in [7, 11) is -3.81. The smallest absolute Gasteiger partial charge is 0.265 e. The number of halogens is 1. The minimum Gasteiger partial charge on any atom is -0.481 e. The molecule has 0 bridgehead atoms. The maximum absolute atomic E-state index is 12.7. The van der Waals surface area contributed by atoms with Crippen LogP contribution in [-0.2, 0) is 14.8 Å². The second-order valence-corrected chi connectivity index (χ2v) is 9.70. The molecule has 32 heavy (non-hydrogen) atoms. The minimum absolute atomic E-state index is 0.0642. The van der Waals surface area contributed by atoms with E-state index in [0.717, 1.165) is 16.7 Å². The molecule has 0 aromatic heterocycles.